The fraction of sp³-hybridized carbons (Fsp3) is 0.500. The zero-order valence-electron chi connectivity index (χ0n) is 19.5. The predicted octanol–water partition coefficient (Wildman–Crippen LogP) is 1.97. The van der Waals surface area contributed by atoms with Crippen molar-refractivity contribution in [1.82, 2.24) is 25.5 Å². The summed E-state index contributed by atoms with van der Waals surface area (Å²) in [5, 5.41) is 14.6. The number of likely N-dealkylation sites (tertiary alicyclic amines) is 1. The number of methoxy groups -OCH3 is 1. The Morgan fingerprint density at radius 2 is 1.97 bits per heavy atom. The smallest absolute Gasteiger partial charge is 0.315 e. The van der Waals surface area contributed by atoms with Crippen LogP contribution in [0, 0.1) is 5.92 Å². The molecule has 1 aliphatic heterocycles. The van der Waals surface area contributed by atoms with E-state index in [9.17, 15) is 14.4 Å². The number of hydrogen-bond donors (Lipinski definition) is 4. The number of urea groups is 1. The maximum absolute atomic E-state index is 13.3. The maximum Gasteiger partial charge on any atom is 0.315 e. The second-order valence-electron chi connectivity index (χ2n) is 8.53. The molecule has 1 atom stereocenters. The molecule has 1 unspecified atom stereocenters. The Labute approximate surface area is 199 Å². The summed E-state index contributed by atoms with van der Waals surface area (Å²) in [7, 11) is 1.59. The van der Waals surface area contributed by atoms with Crippen LogP contribution in [0.25, 0.3) is 0 Å². The Bertz CT molecular complexity index is 924. The molecule has 3 amide bonds. The molecule has 0 aliphatic carbocycles. The van der Waals surface area contributed by atoms with E-state index >= 15 is 0 Å². The number of carbonyl (C=O) groups excluding carboxylic acids is 2. The molecule has 1 fully saturated rings. The number of H-pyrrole nitrogens is 1. The first-order chi connectivity index (χ1) is 16.4. The minimum atomic E-state index is -0.791. The van der Waals surface area contributed by atoms with Gasteiger partial charge in [0.15, 0.2) is 0 Å². The number of carboxylic acid groups (broad SMARTS) is 1. The second kappa shape index (κ2) is 12.6. The fourth-order valence-corrected chi connectivity index (χ4v) is 4.13. The maximum atomic E-state index is 13.3. The number of aromatic amines is 1. The number of nitrogens with one attached hydrogen (secondary N) is 3. The van der Waals surface area contributed by atoms with Crippen LogP contribution in [-0.2, 0) is 22.4 Å². The Morgan fingerprint density at radius 1 is 1.24 bits per heavy atom. The lowest BCUT2D eigenvalue weighted by Gasteiger charge is -2.34. The summed E-state index contributed by atoms with van der Waals surface area (Å²) in [4.78, 5) is 45.5. The van der Waals surface area contributed by atoms with Crippen molar-refractivity contribution in [3.05, 3.63) is 48.0 Å². The molecule has 0 radical (unpaired) electrons. The minimum Gasteiger partial charge on any atom is -0.497 e. The van der Waals surface area contributed by atoms with Gasteiger partial charge in [0.2, 0.25) is 5.91 Å². The lowest BCUT2D eigenvalue weighted by Crippen LogP contribution is -2.53. The third kappa shape index (κ3) is 7.79. The number of nitrogens with zero attached hydrogens (tertiary/aromatic N) is 2. The van der Waals surface area contributed by atoms with Crippen LogP contribution in [0.5, 0.6) is 5.75 Å². The van der Waals surface area contributed by atoms with Crippen molar-refractivity contribution in [2.45, 2.75) is 44.6 Å². The molecule has 10 nitrogen and oxygen atoms in total. The number of carbonyl (C=O) groups is 3. The highest BCUT2D eigenvalue weighted by Crippen LogP contribution is 2.23. The summed E-state index contributed by atoms with van der Waals surface area (Å²) < 4.78 is 5.20. The molecule has 10 heteroatoms. The quantitative estimate of drug-likeness (QED) is 0.396. The number of aliphatic carboxylic acids is 1. The average molecular weight is 472 g/mol. The van der Waals surface area contributed by atoms with Gasteiger partial charge in [-0.25, -0.2) is 9.78 Å². The molecule has 0 spiro atoms. The third-order valence-electron chi connectivity index (χ3n) is 6.13. The Morgan fingerprint density at radius 3 is 2.59 bits per heavy atom. The zero-order chi connectivity index (χ0) is 24.3. The molecule has 0 bridgehead atoms. The summed E-state index contributed by atoms with van der Waals surface area (Å²) in [6, 6.07) is 6.31. The zero-order valence-corrected chi connectivity index (χ0v) is 19.5. The number of ether oxygens (including phenoxy) is 1. The first-order valence-electron chi connectivity index (χ1n) is 11.6. The van der Waals surface area contributed by atoms with Gasteiger partial charge in [0.05, 0.1) is 13.4 Å². The van der Waals surface area contributed by atoms with Crippen LogP contribution < -0.4 is 15.4 Å². The number of aromatic nitrogens is 2. The molecule has 0 saturated carbocycles. The molecule has 34 heavy (non-hydrogen) atoms. The van der Waals surface area contributed by atoms with E-state index in [-0.39, 0.29) is 12.3 Å². The van der Waals surface area contributed by atoms with E-state index in [0.29, 0.717) is 44.8 Å². The standard InChI is InChI=1S/C24H33N5O5/c1-34-20-5-2-18(3-6-20)14-21(28-24(33)26-11-8-19-15-25-16-27-19)23(32)29-12-9-17(10-13-29)4-7-22(30)31/h2-3,5-6,15-17,21H,4,7-14H2,1H3,(H,25,27)(H,30,31)(H2,26,28,33). The second-order valence-corrected chi connectivity index (χ2v) is 8.53. The Kier molecular flexibility index (Phi) is 9.30. The highest BCUT2D eigenvalue weighted by Gasteiger charge is 2.29. The van der Waals surface area contributed by atoms with Gasteiger partial charge in [-0.1, -0.05) is 12.1 Å². The number of carboxylic acids is 1. The number of rotatable bonds is 11. The van der Waals surface area contributed by atoms with Gasteiger partial charge in [0.1, 0.15) is 11.8 Å². The normalized spacial score (nSPS) is 14.9. The number of imidazole rings is 1. The van der Waals surface area contributed by atoms with Crippen molar-refractivity contribution in [3.63, 3.8) is 0 Å². The van der Waals surface area contributed by atoms with Crippen LogP contribution in [-0.4, -0.2) is 70.7 Å². The molecule has 3 rings (SSSR count). The van der Waals surface area contributed by atoms with Crippen LogP contribution in [0.1, 0.15) is 36.9 Å². The van der Waals surface area contributed by atoms with E-state index in [1.54, 1.807) is 24.5 Å². The first kappa shape index (κ1) is 25.1. The third-order valence-corrected chi connectivity index (χ3v) is 6.13. The van der Waals surface area contributed by atoms with Crippen LogP contribution in [0.3, 0.4) is 0 Å². The SMILES string of the molecule is COc1ccc(CC(NC(=O)NCCc2cnc[nH]2)C(=O)N2CCC(CCC(=O)O)CC2)cc1. The van der Waals surface area contributed by atoms with Crippen LogP contribution in [0.4, 0.5) is 4.79 Å². The number of piperidine rings is 1. The highest BCUT2D eigenvalue weighted by molar-refractivity contribution is 5.87. The van der Waals surface area contributed by atoms with E-state index in [4.69, 9.17) is 9.84 Å². The molecule has 1 aromatic heterocycles. The summed E-state index contributed by atoms with van der Waals surface area (Å²) >= 11 is 0. The molecule has 1 aromatic carbocycles. The van der Waals surface area contributed by atoms with Crippen molar-refractivity contribution in [1.29, 1.82) is 0 Å². The molecule has 1 aliphatic rings. The number of amides is 3. The van der Waals surface area contributed by atoms with E-state index in [1.807, 2.05) is 24.3 Å². The van der Waals surface area contributed by atoms with E-state index < -0.39 is 18.0 Å². The van der Waals surface area contributed by atoms with Gasteiger partial charge in [-0.15, -0.1) is 0 Å². The number of benzene rings is 1. The molecule has 184 valence electrons. The molecular weight excluding hydrogens is 438 g/mol. The van der Waals surface area contributed by atoms with Gasteiger partial charge in [-0.2, -0.15) is 0 Å². The van der Waals surface area contributed by atoms with Gasteiger partial charge >= 0.3 is 12.0 Å². The van der Waals surface area contributed by atoms with E-state index in [2.05, 4.69) is 20.6 Å². The average Bonchev–Trinajstić information content (AvgIpc) is 3.36. The molecule has 2 aromatic rings. The van der Waals surface area contributed by atoms with E-state index in [1.165, 1.54) is 0 Å². The molecule has 2 heterocycles. The molecule has 4 N–H and O–H groups in total. The number of hydrogen-bond acceptors (Lipinski definition) is 5. The van der Waals surface area contributed by atoms with Gasteiger partial charge in [0.25, 0.3) is 0 Å². The Hall–Kier alpha value is -3.56. The van der Waals surface area contributed by atoms with Gasteiger partial charge < -0.3 is 30.4 Å². The molecule has 1 saturated heterocycles. The summed E-state index contributed by atoms with van der Waals surface area (Å²) in [5.74, 6) is 0.107. The summed E-state index contributed by atoms with van der Waals surface area (Å²) in [6.07, 6.45) is 6.57. The van der Waals surface area contributed by atoms with Crippen molar-refractivity contribution in [2.75, 3.05) is 26.7 Å². The van der Waals surface area contributed by atoms with Crippen molar-refractivity contribution >= 4 is 17.9 Å². The summed E-state index contributed by atoms with van der Waals surface area (Å²) in [6.45, 7) is 1.53. The van der Waals surface area contributed by atoms with Gasteiger partial charge in [-0.05, 0) is 42.9 Å². The molecular formula is C24H33N5O5. The van der Waals surface area contributed by atoms with Crippen molar-refractivity contribution in [2.24, 2.45) is 5.92 Å². The van der Waals surface area contributed by atoms with Crippen LogP contribution in [0.15, 0.2) is 36.8 Å². The monoisotopic (exact) mass is 471 g/mol. The van der Waals surface area contributed by atoms with Crippen molar-refractivity contribution in [3.8, 4) is 5.75 Å². The lowest BCUT2D eigenvalue weighted by atomic mass is 9.91. The van der Waals surface area contributed by atoms with Gasteiger partial charge in [-0.3, -0.25) is 9.59 Å². The first-order valence-corrected chi connectivity index (χ1v) is 11.6. The van der Waals surface area contributed by atoms with Gasteiger partial charge in [0, 0.05) is 50.8 Å². The Balaban J connectivity index is 1.58. The fourth-order valence-electron chi connectivity index (χ4n) is 4.13. The highest BCUT2D eigenvalue weighted by atomic mass is 16.5. The predicted molar refractivity (Wildman–Crippen MR) is 125 cm³/mol. The topological polar surface area (TPSA) is 137 Å². The van der Waals surface area contributed by atoms with E-state index in [0.717, 1.165) is 29.8 Å². The minimum absolute atomic E-state index is 0.128. The van der Waals surface area contributed by atoms with Crippen LogP contribution in [0.2, 0.25) is 0 Å². The van der Waals surface area contributed by atoms with Crippen LogP contribution >= 0.6 is 0 Å². The lowest BCUT2D eigenvalue weighted by molar-refractivity contribution is -0.138. The van der Waals surface area contributed by atoms with Crippen molar-refractivity contribution < 1.29 is 24.2 Å². The summed E-state index contributed by atoms with van der Waals surface area (Å²) in [5.41, 5.74) is 1.82. The largest absolute Gasteiger partial charge is 0.497 e.